The molecule has 2 aromatic heterocycles. The molecule has 1 saturated carbocycles. The van der Waals surface area contributed by atoms with E-state index in [1.807, 2.05) is 17.0 Å². The van der Waals surface area contributed by atoms with Gasteiger partial charge >= 0.3 is 0 Å². The molecular formula is C17H17N5O. The van der Waals surface area contributed by atoms with E-state index in [4.69, 9.17) is 0 Å². The third kappa shape index (κ3) is 2.48. The summed E-state index contributed by atoms with van der Waals surface area (Å²) in [7, 11) is 0. The first-order valence-electron chi connectivity index (χ1n) is 7.87. The zero-order valence-corrected chi connectivity index (χ0v) is 12.9. The Labute approximate surface area is 134 Å². The lowest BCUT2D eigenvalue weighted by Crippen LogP contribution is -2.31. The van der Waals surface area contributed by atoms with E-state index in [1.165, 1.54) is 0 Å². The molecule has 2 aromatic rings. The molecule has 3 atom stereocenters. The summed E-state index contributed by atoms with van der Waals surface area (Å²) in [6.07, 6.45) is 3.23. The molecule has 3 unspecified atom stereocenters. The number of amides is 1. The lowest BCUT2D eigenvalue weighted by molar-refractivity contribution is -0.128. The summed E-state index contributed by atoms with van der Waals surface area (Å²) in [6, 6.07) is 8.06. The predicted octanol–water partition coefficient (Wildman–Crippen LogP) is 1.92. The van der Waals surface area contributed by atoms with E-state index in [-0.39, 0.29) is 11.9 Å². The second-order valence-electron chi connectivity index (χ2n) is 6.42. The number of nitrogens with zero attached hydrogens (tertiary/aromatic N) is 4. The molecule has 1 aliphatic carbocycles. The van der Waals surface area contributed by atoms with Crippen LogP contribution in [0.1, 0.15) is 25.3 Å². The standard InChI is InChI=1S/C17H17N5O/c1-10-5-14(10)22-9-13(7-15(22)23)20-17-12(8-18)6-11-3-2-4-19-16(11)21-17/h2-4,6,10,13-14H,5,7,9H2,1H3,(H,19,20,21). The van der Waals surface area contributed by atoms with Crippen LogP contribution in [-0.2, 0) is 4.79 Å². The van der Waals surface area contributed by atoms with Crippen molar-refractivity contribution in [3.8, 4) is 6.07 Å². The summed E-state index contributed by atoms with van der Waals surface area (Å²) in [5.41, 5.74) is 1.09. The van der Waals surface area contributed by atoms with Gasteiger partial charge in [0, 0.05) is 30.6 Å². The summed E-state index contributed by atoms with van der Waals surface area (Å²) < 4.78 is 0. The Morgan fingerprint density at radius 3 is 3.04 bits per heavy atom. The fourth-order valence-corrected chi connectivity index (χ4v) is 3.28. The number of likely N-dealkylation sites (tertiary alicyclic amines) is 1. The number of nitrogens with one attached hydrogen (secondary N) is 1. The van der Waals surface area contributed by atoms with Crippen molar-refractivity contribution in [1.29, 1.82) is 5.26 Å². The zero-order valence-electron chi connectivity index (χ0n) is 12.9. The molecule has 0 radical (unpaired) electrons. The maximum atomic E-state index is 12.2. The Balaban J connectivity index is 1.58. The van der Waals surface area contributed by atoms with Crippen molar-refractivity contribution in [3.63, 3.8) is 0 Å². The average molecular weight is 307 g/mol. The van der Waals surface area contributed by atoms with Crippen molar-refractivity contribution in [3.05, 3.63) is 30.0 Å². The fraction of sp³-hybridized carbons (Fsp3) is 0.412. The van der Waals surface area contributed by atoms with E-state index >= 15 is 0 Å². The van der Waals surface area contributed by atoms with Gasteiger partial charge in [-0.1, -0.05) is 6.92 Å². The number of nitriles is 1. The summed E-state index contributed by atoms with van der Waals surface area (Å²) >= 11 is 0. The minimum absolute atomic E-state index is 0.00365. The first-order valence-corrected chi connectivity index (χ1v) is 7.87. The van der Waals surface area contributed by atoms with Gasteiger partial charge < -0.3 is 10.2 Å². The highest BCUT2D eigenvalue weighted by atomic mass is 16.2. The zero-order chi connectivity index (χ0) is 16.0. The molecule has 2 aliphatic rings. The van der Waals surface area contributed by atoms with Crippen LogP contribution in [0.2, 0.25) is 0 Å². The quantitative estimate of drug-likeness (QED) is 0.937. The topological polar surface area (TPSA) is 81.9 Å². The number of pyridine rings is 2. The number of carbonyl (C=O) groups is 1. The van der Waals surface area contributed by atoms with E-state index in [2.05, 4.69) is 28.3 Å². The molecule has 0 aromatic carbocycles. The molecule has 6 nitrogen and oxygen atoms in total. The van der Waals surface area contributed by atoms with Crippen molar-refractivity contribution in [2.24, 2.45) is 5.92 Å². The van der Waals surface area contributed by atoms with E-state index in [0.717, 1.165) is 11.8 Å². The maximum Gasteiger partial charge on any atom is 0.225 e. The number of rotatable bonds is 3. The molecule has 116 valence electrons. The maximum absolute atomic E-state index is 12.2. The van der Waals surface area contributed by atoms with Gasteiger partial charge in [-0.3, -0.25) is 4.79 Å². The highest BCUT2D eigenvalue weighted by molar-refractivity contribution is 5.82. The van der Waals surface area contributed by atoms with Crippen molar-refractivity contribution in [2.75, 3.05) is 11.9 Å². The van der Waals surface area contributed by atoms with Gasteiger partial charge in [0.25, 0.3) is 0 Å². The Morgan fingerprint density at radius 2 is 2.30 bits per heavy atom. The summed E-state index contributed by atoms with van der Waals surface area (Å²) in [5, 5.41) is 13.5. The van der Waals surface area contributed by atoms with Crippen LogP contribution >= 0.6 is 0 Å². The Hall–Kier alpha value is -2.68. The van der Waals surface area contributed by atoms with Crippen LogP contribution in [0.5, 0.6) is 0 Å². The summed E-state index contributed by atoms with van der Waals surface area (Å²) in [6.45, 7) is 2.85. The minimum atomic E-state index is -0.00365. The van der Waals surface area contributed by atoms with Crippen molar-refractivity contribution in [1.82, 2.24) is 14.9 Å². The van der Waals surface area contributed by atoms with Crippen LogP contribution in [0.25, 0.3) is 11.0 Å². The lowest BCUT2D eigenvalue weighted by atomic mass is 10.2. The van der Waals surface area contributed by atoms with E-state index in [1.54, 1.807) is 12.3 Å². The van der Waals surface area contributed by atoms with Crippen LogP contribution in [0.15, 0.2) is 24.4 Å². The SMILES string of the molecule is CC1CC1N1CC(Nc2nc3ncccc3cc2C#N)CC1=O. The second-order valence-corrected chi connectivity index (χ2v) is 6.42. The van der Waals surface area contributed by atoms with Crippen LogP contribution in [0.3, 0.4) is 0 Å². The number of hydrogen-bond acceptors (Lipinski definition) is 5. The van der Waals surface area contributed by atoms with Gasteiger partial charge in [-0.05, 0) is 30.5 Å². The Kier molecular flexibility index (Phi) is 3.15. The van der Waals surface area contributed by atoms with Gasteiger partial charge in [0.1, 0.15) is 11.9 Å². The van der Waals surface area contributed by atoms with Gasteiger partial charge in [0.15, 0.2) is 5.65 Å². The smallest absolute Gasteiger partial charge is 0.225 e. The van der Waals surface area contributed by atoms with Crippen molar-refractivity contribution in [2.45, 2.75) is 31.8 Å². The van der Waals surface area contributed by atoms with Crippen molar-refractivity contribution < 1.29 is 4.79 Å². The monoisotopic (exact) mass is 307 g/mol. The van der Waals surface area contributed by atoms with E-state index in [9.17, 15) is 10.1 Å². The third-order valence-electron chi connectivity index (χ3n) is 4.68. The van der Waals surface area contributed by atoms with Crippen LogP contribution in [0.4, 0.5) is 5.82 Å². The normalized spacial score (nSPS) is 26.3. The molecule has 1 saturated heterocycles. The van der Waals surface area contributed by atoms with Crippen LogP contribution in [-0.4, -0.2) is 39.4 Å². The molecule has 1 amide bonds. The van der Waals surface area contributed by atoms with Gasteiger partial charge in [0.05, 0.1) is 11.6 Å². The Bertz CT molecular complexity index is 827. The number of aromatic nitrogens is 2. The average Bonchev–Trinajstić information content (AvgIpc) is 3.16. The van der Waals surface area contributed by atoms with Gasteiger partial charge in [0.2, 0.25) is 5.91 Å². The summed E-state index contributed by atoms with van der Waals surface area (Å²) in [4.78, 5) is 22.8. The number of fused-ring (bicyclic) bond motifs is 1. The number of anilines is 1. The predicted molar refractivity (Wildman–Crippen MR) is 85.6 cm³/mol. The van der Waals surface area contributed by atoms with E-state index in [0.29, 0.717) is 42.0 Å². The molecular weight excluding hydrogens is 290 g/mol. The molecule has 1 N–H and O–H groups in total. The van der Waals surface area contributed by atoms with Gasteiger partial charge in [-0.25, -0.2) is 9.97 Å². The summed E-state index contributed by atoms with van der Waals surface area (Å²) in [5.74, 6) is 1.31. The molecule has 0 bridgehead atoms. The van der Waals surface area contributed by atoms with Crippen LogP contribution in [0, 0.1) is 17.2 Å². The second kappa shape index (κ2) is 5.20. The van der Waals surface area contributed by atoms with Crippen molar-refractivity contribution >= 4 is 22.8 Å². The third-order valence-corrected chi connectivity index (χ3v) is 4.68. The minimum Gasteiger partial charge on any atom is -0.364 e. The largest absolute Gasteiger partial charge is 0.364 e. The highest BCUT2D eigenvalue weighted by Crippen LogP contribution is 2.37. The molecule has 6 heteroatoms. The molecule has 1 aliphatic heterocycles. The molecule has 2 fully saturated rings. The molecule has 3 heterocycles. The van der Waals surface area contributed by atoms with E-state index < -0.39 is 0 Å². The first-order chi connectivity index (χ1) is 11.2. The number of carbonyl (C=O) groups excluding carboxylic acids is 1. The molecule has 23 heavy (non-hydrogen) atoms. The molecule has 4 rings (SSSR count). The number of hydrogen-bond donors (Lipinski definition) is 1. The lowest BCUT2D eigenvalue weighted by Gasteiger charge is -2.17. The highest BCUT2D eigenvalue weighted by Gasteiger charge is 2.44. The van der Waals surface area contributed by atoms with Gasteiger partial charge in [-0.2, -0.15) is 5.26 Å². The first kappa shape index (κ1) is 13.9. The van der Waals surface area contributed by atoms with Crippen LogP contribution < -0.4 is 5.32 Å². The fourth-order valence-electron chi connectivity index (χ4n) is 3.28. The van der Waals surface area contributed by atoms with Gasteiger partial charge in [-0.15, -0.1) is 0 Å². The molecule has 0 spiro atoms. The Morgan fingerprint density at radius 1 is 1.48 bits per heavy atom.